The molecule has 1 aliphatic heterocycles. The maximum Gasteiger partial charge on any atom is 0.408 e. The summed E-state index contributed by atoms with van der Waals surface area (Å²) in [6.07, 6.45) is -4.32. The standard InChI is InChI=1S/C24H28F5N5O3S/c1-11-4-3-7-34(11)23(37)18-19(38-22(33-18)21(36)32-13-5-6-14(35)8-13)16-10-30-17(9-15(16)20(25)26)31-12(2)24(27,28)29/h9-14,20,35H,3-8H2,1-2H3,(H,30,31)(H,32,36)/t11-,12?,13-,14-/m0/s1. The normalized spacial score (nSPS) is 22.7. The second kappa shape index (κ2) is 11.1. The number of nitrogens with zero attached hydrogens (tertiary/aromatic N) is 3. The number of nitrogens with one attached hydrogen (secondary N) is 2. The van der Waals surface area contributed by atoms with Gasteiger partial charge in [0.2, 0.25) is 0 Å². The van der Waals surface area contributed by atoms with Crippen LogP contribution in [0.5, 0.6) is 0 Å². The first kappa shape index (κ1) is 28.1. The number of anilines is 1. The van der Waals surface area contributed by atoms with E-state index in [1.807, 2.05) is 6.92 Å². The maximum atomic E-state index is 14.1. The van der Waals surface area contributed by atoms with E-state index >= 15 is 0 Å². The van der Waals surface area contributed by atoms with Crippen molar-refractivity contribution in [2.24, 2.45) is 0 Å². The highest BCUT2D eigenvalue weighted by Gasteiger charge is 2.37. The van der Waals surface area contributed by atoms with Crippen molar-refractivity contribution in [2.75, 3.05) is 11.9 Å². The number of aliphatic hydroxyl groups excluding tert-OH is 1. The molecule has 2 amide bonds. The van der Waals surface area contributed by atoms with Gasteiger partial charge in [-0.15, -0.1) is 11.3 Å². The lowest BCUT2D eigenvalue weighted by molar-refractivity contribution is -0.138. The molecule has 38 heavy (non-hydrogen) atoms. The Kier molecular flexibility index (Phi) is 8.21. The van der Waals surface area contributed by atoms with Gasteiger partial charge < -0.3 is 20.6 Å². The number of carbonyl (C=O) groups is 2. The van der Waals surface area contributed by atoms with Crippen molar-refractivity contribution in [3.8, 4) is 10.4 Å². The van der Waals surface area contributed by atoms with Crippen molar-refractivity contribution in [1.82, 2.24) is 20.2 Å². The van der Waals surface area contributed by atoms with Crippen LogP contribution in [0.1, 0.15) is 78.2 Å². The maximum absolute atomic E-state index is 14.1. The third-order valence-electron chi connectivity index (χ3n) is 6.85. The number of carbonyl (C=O) groups excluding carboxylic acids is 2. The Morgan fingerprint density at radius 3 is 2.55 bits per heavy atom. The summed E-state index contributed by atoms with van der Waals surface area (Å²) in [4.78, 5) is 36.1. The predicted molar refractivity (Wildman–Crippen MR) is 130 cm³/mol. The van der Waals surface area contributed by atoms with E-state index in [2.05, 4.69) is 20.6 Å². The Morgan fingerprint density at radius 1 is 1.24 bits per heavy atom. The Labute approximate surface area is 219 Å². The highest BCUT2D eigenvalue weighted by atomic mass is 32.1. The molecule has 1 saturated heterocycles. The first-order valence-electron chi connectivity index (χ1n) is 12.3. The van der Waals surface area contributed by atoms with E-state index in [0.717, 1.165) is 43.4 Å². The summed E-state index contributed by atoms with van der Waals surface area (Å²) < 4.78 is 67.2. The van der Waals surface area contributed by atoms with E-state index < -0.39 is 47.9 Å². The first-order chi connectivity index (χ1) is 17.8. The number of pyridine rings is 1. The zero-order valence-electron chi connectivity index (χ0n) is 20.7. The molecule has 4 rings (SSSR count). The van der Waals surface area contributed by atoms with Crippen molar-refractivity contribution in [1.29, 1.82) is 0 Å². The molecule has 1 unspecified atom stereocenters. The fourth-order valence-electron chi connectivity index (χ4n) is 4.68. The highest BCUT2D eigenvalue weighted by Crippen LogP contribution is 2.39. The van der Waals surface area contributed by atoms with Gasteiger partial charge in [0.1, 0.15) is 17.6 Å². The molecule has 4 atom stereocenters. The Hall–Kier alpha value is -2.87. The smallest absolute Gasteiger partial charge is 0.393 e. The minimum absolute atomic E-state index is 0.0103. The van der Waals surface area contributed by atoms with Crippen LogP contribution in [0.2, 0.25) is 0 Å². The number of thiazole rings is 1. The van der Waals surface area contributed by atoms with Crippen LogP contribution in [-0.2, 0) is 0 Å². The van der Waals surface area contributed by atoms with Gasteiger partial charge in [-0.1, -0.05) is 0 Å². The molecule has 14 heteroatoms. The molecule has 1 aliphatic carbocycles. The van der Waals surface area contributed by atoms with Crippen molar-refractivity contribution < 1.29 is 36.6 Å². The third kappa shape index (κ3) is 6.06. The van der Waals surface area contributed by atoms with Gasteiger partial charge in [0, 0.05) is 36.0 Å². The van der Waals surface area contributed by atoms with Gasteiger partial charge in [0.25, 0.3) is 18.2 Å². The lowest BCUT2D eigenvalue weighted by Gasteiger charge is -2.21. The Morgan fingerprint density at radius 2 is 1.97 bits per heavy atom. The molecular formula is C24H28F5N5O3S. The van der Waals surface area contributed by atoms with Crippen molar-refractivity contribution in [3.05, 3.63) is 28.5 Å². The summed E-state index contributed by atoms with van der Waals surface area (Å²) in [6.45, 7) is 3.13. The van der Waals surface area contributed by atoms with Gasteiger partial charge in [-0.25, -0.2) is 18.7 Å². The Bertz CT molecular complexity index is 1190. The molecule has 0 radical (unpaired) electrons. The molecule has 0 aromatic carbocycles. The molecule has 208 valence electrons. The number of hydrogen-bond acceptors (Lipinski definition) is 7. The molecule has 2 aromatic heterocycles. The largest absolute Gasteiger partial charge is 0.408 e. The van der Waals surface area contributed by atoms with Crippen LogP contribution in [0, 0.1) is 0 Å². The summed E-state index contributed by atoms with van der Waals surface area (Å²) in [5.74, 6) is -1.53. The van der Waals surface area contributed by atoms with Gasteiger partial charge >= 0.3 is 6.18 Å². The molecule has 8 nitrogen and oxygen atoms in total. The minimum atomic E-state index is -4.62. The number of hydrogen-bond donors (Lipinski definition) is 3. The molecular weight excluding hydrogens is 533 g/mol. The summed E-state index contributed by atoms with van der Waals surface area (Å²) >= 11 is 0.742. The molecule has 2 fully saturated rings. The average Bonchev–Trinajstić information content (AvgIpc) is 3.58. The molecule has 2 aromatic rings. The van der Waals surface area contributed by atoms with Crippen molar-refractivity contribution in [3.63, 3.8) is 0 Å². The summed E-state index contributed by atoms with van der Waals surface area (Å²) in [5.41, 5.74) is -1.02. The number of likely N-dealkylation sites (tertiary alicyclic amines) is 1. The summed E-state index contributed by atoms with van der Waals surface area (Å²) in [6, 6.07) is -1.62. The summed E-state index contributed by atoms with van der Waals surface area (Å²) in [5, 5.41) is 14.5. The zero-order chi connectivity index (χ0) is 27.8. The monoisotopic (exact) mass is 561 g/mol. The fraction of sp³-hybridized carbons (Fsp3) is 0.583. The number of amides is 2. The van der Waals surface area contributed by atoms with Crippen LogP contribution in [0.3, 0.4) is 0 Å². The average molecular weight is 562 g/mol. The number of aliphatic hydroxyl groups is 1. The molecule has 3 heterocycles. The topological polar surface area (TPSA) is 107 Å². The molecule has 1 saturated carbocycles. The van der Waals surface area contributed by atoms with Crippen molar-refractivity contribution >= 4 is 29.0 Å². The fourth-order valence-corrected chi connectivity index (χ4v) is 5.67. The van der Waals surface area contributed by atoms with Gasteiger partial charge in [0.05, 0.1) is 11.0 Å². The van der Waals surface area contributed by atoms with Gasteiger partial charge in [-0.3, -0.25) is 9.59 Å². The van der Waals surface area contributed by atoms with E-state index in [9.17, 15) is 36.6 Å². The minimum Gasteiger partial charge on any atom is -0.393 e. The second-order valence-electron chi connectivity index (χ2n) is 9.69. The van der Waals surface area contributed by atoms with Gasteiger partial charge in [-0.05, 0) is 52.0 Å². The van der Waals surface area contributed by atoms with Crippen LogP contribution in [0.4, 0.5) is 27.8 Å². The first-order valence-corrected chi connectivity index (χ1v) is 13.1. The van der Waals surface area contributed by atoms with E-state index in [1.54, 1.807) is 4.90 Å². The van der Waals surface area contributed by atoms with Crippen LogP contribution >= 0.6 is 11.3 Å². The Balaban J connectivity index is 1.73. The van der Waals surface area contributed by atoms with Crippen LogP contribution in [0.15, 0.2) is 12.3 Å². The molecule has 3 N–H and O–H groups in total. The zero-order valence-corrected chi connectivity index (χ0v) is 21.5. The van der Waals surface area contributed by atoms with E-state index in [4.69, 9.17) is 0 Å². The molecule has 0 spiro atoms. The lowest BCUT2D eigenvalue weighted by Crippen LogP contribution is -2.35. The third-order valence-corrected chi connectivity index (χ3v) is 7.94. The van der Waals surface area contributed by atoms with Crippen LogP contribution in [-0.4, -0.2) is 68.7 Å². The van der Waals surface area contributed by atoms with E-state index in [-0.39, 0.29) is 33.2 Å². The highest BCUT2D eigenvalue weighted by molar-refractivity contribution is 7.17. The van der Waals surface area contributed by atoms with Crippen molar-refractivity contribution in [2.45, 2.75) is 82.8 Å². The molecule has 0 bridgehead atoms. The number of rotatable bonds is 7. The van der Waals surface area contributed by atoms with Gasteiger partial charge in [0.15, 0.2) is 5.01 Å². The van der Waals surface area contributed by atoms with Crippen LogP contribution < -0.4 is 10.6 Å². The summed E-state index contributed by atoms with van der Waals surface area (Å²) in [7, 11) is 0. The lowest BCUT2D eigenvalue weighted by atomic mass is 10.1. The number of aromatic nitrogens is 2. The molecule has 2 aliphatic rings. The van der Waals surface area contributed by atoms with E-state index in [1.165, 1.54) is 0 Å². The predicted octanol–water partition coefficient (Wildman–Crippen LogP) is 4.77. The van der Waals surface area contributed by atoms with Crippen LogP contribution in [0.25, 0.3) is 10.4 Å². The number of halogens is 5. The van der Waals surface area contributed by atoms with E-state index in [0.29, 0.717) is 25.8 Å². The second-order valence-corrected chi connectivity index (χ2v) is 10.7. The van der Waals surface area contributed by atoms with Gasteiger partial charge in [-0.2, -0.15) is 13.2 Å². The SMILES string of the molecule is CC(Nc1cc(C(F)F)c(-c2sc(C(=O)N[C@H]3CC[C@H](O)C3)nc2C(=O)N2CCC[C@@H]2C)cn1)C(F)(F)F. The number of alkyl halides is 5. The quantitative estimate of drug-likeness (QED) is 0.421.